The first-order valence-corrected chi connectivity index (χ1v) is 8.63. The van der Waals surface area contributed by atoms with Crippen LogP contribution in [0.15, 0.2) is 0 Å². The molecule has 5 aliphatic rings. The van der Waals surface area contributed by atoms with E-state index in [2.05, 4.69) is 11.8 Å². The van der Waals surface area contributed by atoms with Gasteiger partial charge in [0.15, 0.2) is 0 Å². The van der Waals surface area contributed by atoms with Crippen LogP contribution in [0, 0.1) is 23.2 Å². The van der Waals surface area contributed by atoms with Crippen LogP contribution >= 0.6 is 0 Å². The highest BCUT2D eigenvalue weighted by atomic mass is 16.2. The molecule has 1 amide bonds. The predicted octanol–water partition coefficient (Wildman–Crippen LogP) is 2.54. The lowest BCUT2D eigenvalue weighted by molar-refractivity contribution is -0.149. The highest BCUT2D eigenvalue weighted by molar-refractivity contribution is 5.82. The minimum absolute atomic E-state index is 0.222. The smallest absolute Gasteiger partial charge is 0.239 e. The largest absolute Gasteiger partial charge is 0.338 e. The summed E-state index contributed by atoms with van der Waals surface area (Å²) in [6.45, 7) is 3.26. The second-order valence-electron chi connectivity index (χ2n) is 8.24. The molecule has 2 N–H and O–H groups in total. The van der Waals surface area contributed by atoms with Crippen molar-refractivity contribution in [2.75, 3.05) is 6.54 Å². The zero-order valence-electron chi connectivity index (χ0n) is 12.7. The van der Waals surface area contributed by atoms with Crippen LogP contribution in [0.4, 0.5) is 0 Å². The maximum atomic E-state index is 12.5. The molecule has 2 unspecified atom stereocenters. The number of hydrogen-bond donors (Lipinski definition) is 1. The predicted molar refractivity (Wildman–Crippen MR) is 79.0 cm³/mol. The minimum Gasteiger partial charge on any atom is -0.338 e. The zero-order chi connectivity index (χ0) is 13.9. The van der Waals surface area contributed by atoms with Gasteiger partial charge in [-0.2, -0.15) is 0 Å². The standard InChI is InChI=1S/C17H28N2O/c1-11(19-4-2-3-15(18)16(19)20)17-8-12-5-13(9-17)7-14(6-12)10-17/h11-15H,2-10,18H2,1H3. The Labute approximate surface area is 122 Å². The summed E-state index contributed by atoms with van der Waals surface area (Å²) in [5.74, 6) is 3.09. The number of carbonyl (C=O) groups excluding carboxylic acids is 1. The van der Waals surface area contributed by atoms with Gasteiger partial charge in [-0.1, -0.05) is 0 Å². The van der Waals surface area contributed by atoms with Crippen molar-refractivity contribution >= 4 is 5.91 Å². The molecule has 5 rings (SSSR count). The second kappa shape index (κ2) is 4.46. The molecule has 0 aromatic rings. The third-order valence-corrected chi connectivity index (χ3v) is 6.95. The molecule has 3 nitrogen and oxygen atoms in total. The Kier molecular flexibility index (Phi) is 2.93. The summed E-state index contributed by atoms with van der Waals surface area (Å²) in [7, 11) is 0. The van der Waals surface area contributed by atoms with Crippen LogP contribution in [0.1, 0.15) is 58.3 Å². The number of piperidine rings is 1. The van der Waals surface area contributed by atoms with Gasteiger partial charge in [0.1, 0.15) is 0 Å². The van der Waals surface area contributed by atoms with Crippen LogP contribution in [0.25, 0.3) is 0 Å². The van der Waals surface area contributed by atoms with E-state index in [-0.39, 0.29) is 11.9 Å². The summed E-state index contributed by atoms with van der Waals surface area (Å²) < 4.78 is 0. The van der Waals surface area contributed by atoms with Crippen molar-refractivity contribution in [2.45, 2.75) is 70.4 Å². The molecule has 4 saturated carbocycles. The Bertz CT molecular complexity index is 384. The summed E-state index contributed by atoms with van der Waals surface area (Å²) >= 11 is 0. The van der Waals surface area contributed by atoms with Crippen molar-refractivity contribution < 1.29 is 4.79 Å². The molecule has 3 heteroatoms. The first-order chi connectivity index (χ1) is 9.57. The molecule has 1 heterocycles. The molecule has 0 aromatic heterocycles. The number of nitrogens with two attached hydrogens (primary N) is 1. The first kappa shape index (κ1) is 13.1. The Hall–Kier alpha value is -0.570. The van der Waals surface area contributed by atoms with E-state index in [0.29, 0.717) is 11.5 Å². The van der Waals surface area contributed by atoms with Crippen LogP contribution in [-0.4, -0.2) is 29.4 Å². The van der Waals surface area contributed by atoms with Crippen LogP contribution in [-0.2, 0) is 4.79 Å². The van der Waals surface area contributed by atoms with Crippen LogP contribution < -0.4 is 5.73 Å². The molecule has 0 spiro atoms. The first-order valence-electron chi connectivity index (χ1n) is 8.63. The summed E-state index contributed by atoms with van der Waals surface area (Å²) in [6, 6.07) is 0.176. The average Bonchev–Trinajstić information content (AvgIpc) is 2.39. The lowest BCUT2D eigenvalue weighted by Crippen LogP contribution is -2.60. The lowest BCUT2D eigenvalue weighted by atomic mass is 9.47. The van der Waals surface area contributed by atoms with Gasteiger partial charge in [-0.3, -0.25) is 4.79 Å². The van der Waals surface area contributed by atoms with E-state index in [1.54, 1.807) is 0 Å². The molecule has 4 aliphatic carbocycles. The van der Waals surface area contributed by atoms with Gasteiger partial charge in [-0.25, -0.2) is 0 Å². The van der Waals surface area contributed by atoms with E-state index in [0.717, 1.165) is 37.1 Å². The molecule has 5 fully saturated rings. The lowest BCUT2D eigenvalue weighted by Gasteiger charge is -2.60. The van der Waals surface area contributed by atoms with Gasteiger partial charge in [-0.15, -0.1) is 0 Å². The van der Waals surface area contributed by atoms with E-state index in [1.807, 2.05) is 0 Å². The van der Waals surface area contributed by atoms with Crippen molar-refractivity contribution in [3.63, 3.8) is 0 Å². The summed E-state index contributed by atoms with van der Waals surface area (Å²) in [6.07, 6.45) is 10.5. The number of rotatable bonds is 2. The molecule has 4 bridgehead atoms. The summed E-state index contributed by atoms with van der Waals surface area (Å²) in [5.41, 5.74) is 6.44. The van der Waals surface area contributed by atoms with Gasteiger partial charge in [0.25, 0.3) is 0 Å². The van der Waals surface area contributed by atoms with Gasteiger partial charge in [0, 0.05) is 12.6 Å². The quantitative estimate of drug-likeness (QED) is 0.842. The van der Waals surface area contributed by atoms with Crippen LogP contribution in [0.5, 0.6) is 0 Å². The Morgan fingerprint density at radius 1 is 1.15 bits per heavy atom. The number of amides is 1. The van der Waals surface area contributed by atoms with Gasteiger partial charge in [-0.05, 0) is 81.5 Å². The van der Waals surface area contributed by atoms with Crippen molar-refractivity contribution in [3.05, 3.63) is 0 Å². The van der Waals surface area contributed by atoms with E-state index in [4.69, 9.17) is 5.73 Å². The maximum absolute atomic E-state index is 12.5. The fourth-order valence-corrected chi connectivity index (χ4v) is 6.33. The van der Waals surface area contributed by atoms with Crippen molar-refractivity contribution in [1.29, 1.82) is 0 Å². The van der Waals surface area contributed by atoms with Gasteiger partial charge in [0.2, 0.25) is 5.91 Å². The van der Waals surface area contributed by atoms with Crippen LogP contribution in [0.3, 0.4) is 0 Å². The monoisotopic (exact) mass is 276 g/mol. The number of hydrogen-bond acceptors (Lipinski definition) is 2. The van der Waals surface area contributed by atoms with E-state index < -0.39 is 0 Å². The van der Waals surface area contributed by atoms with E-state index in [1.165, 1.54) is 38.5 Å². The third-order valence-electron chi connectivity index (χ3n) is 6.95. The SMILES string of the molecule is CC(N1CCCC(N)C1=O)C12CC3CC(CC(C3)C1)C2. The van der Waals surface area contributed by atoms with Gasteiger partial charge in [0.05, 0.1) is 6.04 Å². The molecule has 1 saturated heterocycles. The molecule has 0 radical (unpaired) electrons. The highest BCUT2D eigenvalue weighted by Crippen LogP contribution is 2.62. The number of carbonyl (C=O) groups is 1. The Morgan fingerprint density at radius 3 is 2.25 bits per heavy atom. The normalized spacial score (nSPS) is 48.7. The molecule has 1 aliphatic heterocycles. The van der Waals surface area contributed by atoms with Gasteiger partial charge >= 0.3 is 0 Å². The number of nitrogens with zero attached hydrogens (tertiary/aromatic N) is 1. The van der Waals surface area contributed by atoms with Crippen molar-refractivity contribution in [2.24, 2.45) is 28.9 Å². The van der Waals surface area contributed by atoms with Crippen molar-refractivity contribution in [1.82, 2.24) is 4.90 Å². The van der Waals surface area contributed by atoms with E-state index in [9.17, 15) is 4.79 Å². The molecular formula is C17H28N2O. The van der Waals surface area contributed by atoms with Gasteiger partial charge < -0.3 is 10.6 Å². The topological polar surface area (TPSA) is 46.3 Å². The highest BCUT2D eigenvalue weighted by Gasteiger charge is 2.55. The number of likely N-dealkylation sites (tertiary alicyclic amines) is 1. The Morgan fingerprint density at radius 2 is 1.70 bits per heavy atom. The van der Waals surface area contributed by atoms with Crippen LogP contribution in [0.2, 0.25) is 0 Å². The summed E-state index contributed by atoms with van der Waals surface area (Å²) in [4.78, 5) is 14.6. The second-order valence-corrected chi connectivity index (χ2v) is 8.24. The van der Waals surface area contributed by atoms with E-state index >= 15 is 0 Å². The molecule has 112 valence electrons. The average molecular weight is 276 g/mol. The van der Waals surface area contributed by atoms with Crippen molar-refractivity contribution in [3.8, 4) is 0 Å². The zero-order valence-corrected chi connectivity index (χ0v) is 12.7. The maximum Gasteiger partial charge on any atom is 0.239 e. The molecular weight excluding hydrogens is 248 g/mol. The molecule has 0 aromatic carbocycles. The summed E-state index contributed by atoms with van der Waals surface area (Å²) in [5, 5.41) is 0. The fourth-order valence-electron chi connectivity index (χ4n) is 6.33. The molecule has 2 atom stereocenters. The molecule has 20 heavy (non-hydrogen) atoms. The third kappa shape index (κ3) is 1.85. The fraction of sp³-hybridized carbons (Fsp3) is 0.941. The minimum atomic E-state index is -0.236. The Balaban J connectivity index is 1.58.